The standard InChI is InChI=1S/C21H28ClFN2O2.2ClH/c1-4-26-20-13-17(14-24-10-5-11-25(2)3)12-19(22)21(20)27-15-16-6-8-18(23)9-7-16;;/h6-9,12-13,24H,4-5,10-11,14-15H2,1-3H3;2*1H. The lowest BCUT2D eigenvalue weighted by molar-refractivity contribution is 0.269. The van der Waals surface area contributed by atoms with Gasteiger partial charge in [-0.1, -0.05) is 23.7 Å². The van der Waals surface area contributed by atoms with Gasteiger partial charge in [-0.25, -0.2) is 4.39 Å². The molecule has 0 aliphatic rings. The molecule has 0 spiro atoms. The molecule has 164 valence electrons. The van der Waals surface area contributed by atoms with Crippen molar-refractivity contribution in [1.82, 2.24) is 10.2 Å². The summed E-state index contributed by atoms with van der Waals surface area (Å²) in [6, 6.07) is 10.0. The summed E-state index contributed by atoms with van der Waals surface area (Å²) in [4.78, 5) is 2.17. The van der Waals surface area contributed by atoms with Gasteiger partial charge < -0.3 is 19.7 Å². The van der Waals surface area contributed by atoms with Crippen LogP contribution in [0.15, 0.2) is 36.4 Å². The van der Waals surface area contributed by atoms with Crippen LogP contribution < -0.4 is 14.8 Å². The molecule has 0 atom stereocenters. The van der Waals surface area contributed by atoms with Gasteiger partial charge in [-0.2, -0.15) is 0 Å². The lowest BCUT2D eigenvalue weighted by Gasteiger charge is -2.16. The van der Waals surface area contributed by atoms with Crippen molar-refractivity contribution >= 4 is 36.4 Å². The van der Waals surface area contributed by atoms with Crippen LogP contribution in [0.3, 0.4) is 0 Å². The first-order valence-corrected chi connectivity index (χ1v) is 9.55. The molecule has 0 aliphatic carbocycles. The second-order valence-corrected chi connectivity index (χ2v) is 6.99. The van der Waals surface area contributed by atoms with Crippen LogP contribution >= 0.6 is 36.4 Å². The largest absolute Gasteiger partial charge is 0.490 e. The maximum atomic E-state index is 13.0. The topological polar surface area (TPSA) is 33.7 Å². The van der Waals surface area contributed by atoms with Crippen molar-refractivity contribution in [2.45, 2.75) is 26.5 Å². The van der Waals surface area contributed by atoms with Crippen LogP contribution in [-0.2, 0) is 13.2 Å². The first kappa shape index (κ1) is 27.8. The number of ether oxygens (including phenoxy) is 2. The van der Waals surface area contributed by atoms with Crippen LogP contribution in [0, 0.1) is 5.82 Å². The summed E-state index contributed by atoms with van der Waals surface area (Å²) in [5, 5.41) is 3.93. The van der Waals surface area contributed by atoms with Gasteiger partial charge in [-0.05, 0) is 75.9 Å². The number of rotatable bonds is 11. The minimum absolute atomic E-state index is 0. The van der Waals surface area contributed by atoms with E-state index in [0.717, 1.165) is 30.6 Å². The van der Waals surface area contributed by atoms with Gasteiger partial charge in [0.15, 0.2) is 11.5 Å². The maximum absolute atomic E-state index is 13.0. The molecule has 2 rings (SSSR count). The molecule has 0 amide bonds. The first-order chi connectivity index (χ1) is 13.0. The molecule has 0 unspecified atom stereocenters. The zero-order chi connectivity index (χ0) is 19.6. The highest BCUT2D eigenvalue weighted by Gasteiger charge is 2.13. The molecule has 0 aliphatic heterocycles. The molecule has 0 fully saturated rings. The summed E-state index contributed by atoms with van der Waals surface area (Å²) in [5.74, 6) is 0.866. The first-order valence-electron chi connectivity index (χ1n) is 9.17. The summed E-state index contributed by atoms with van der Waals surface area (Å²) in [6.45, 7) is 5.43. The fourth-order valence-corrected chi connectivity index (χ4v) is 2.90. The van der Waals surface area contributed by atoms with Gasteiger partial charge in [0.2, 0.25) is 0 Å². The molecular weight excluding hydrogens is 438 g/mol. The second-order valence-electron chi connectivity index (χ2n) is 6.59. The Labute approximate surface area is 190 Å². The van der Waals surface area contributed by atoms with E-state index in [-0.39, 0.29) is 30.6 Å². The van der Waals surface area contributed by atoms with E-state index in [1.807, 2.05) is 19.1 Å². The number of hydrogen-bond acceptors (Lipinski definition) is 4. The van der Waals surface area contributed by atoms with Gasteiger partial charge in [0.05, 0.1) is 11.6 Å². The molecule has 4 nitrogen and oxygen atoms in total. The van der Waals surface area contributed by atoms with Crippen molar-refractivity contribution in [3.05, 3.63) is 58.4 Å². The van der Waals surface area contributed by atoms with Crippen LogP contribution in [0.5, 0.6) is 11.5 Å². The lowest BCUT2D eigenvalue weighted by atomic mass is 10.2. The Morgan fingerprint density at radius 2 is 1.72 bits per heavy atom. The molecule has 0 saturated carbocycles. The van der Waals surface area contributed by atoms with Crippen molar-refractivity contribution in [3.8, 4) is 11.5 Å². The monoisotopic (exact) mass is 466 g/mol. The van der Waals surface area contributed by atoms with Crippen molar-refractivity contribution < 1.29 is 13.9 Å². The Morgan fingerprint density at radius 3 is 2.34 bits per heavy atom. The highest BCUT2D eigenvalue weighted by Crippen LogP contribution is 2.37. The van der Waals surface area contributed by atoms with Crippen molar-refractivity contribution in [3.63, 3.8) is 0 Å². The quantitative estimate of drug-likeness (QED) is 0.452. The van der Waals surface area contributed by atoms with E-state index >= 15 is 0 Å². The highest BCUT2D eigenvalue weighted by molar-refractivity contribution is 6.32. The van der Waals surface area contributed by atoms with Crippen molar-refractivity contribution in [2.75, 3.05) is 33.8 Å². The molecule has 0 aromatic heterocycles. The Hall–Kier alpha value is -1.24. The zero-order valence-electron chi connectivity index (χ0n) is 17.0. The molecule has 0 heterocycles. The third-order valence-electron chi connectivity index (χ3n) is 3.95. The predicted molar refractivity (Wildman–Crippen MR) is 123 cm³/mol. The number of nitrogens with one attached hydrogen (secondary N) is 1. The zero-order valence-corrected chi connectivity index (χ0v) is 19.4. The van der Waals surface area contributed by atoms with Gasteiger partial charge in [-0.15, -0.1) is 24.8 Å². The van der Waals surface area contributed by atoms with Crippen molar-refractivity contribution in [1.29, 1.82) is 0 Å². The van der Waals surface area contributed by atoms with Crippen LogP contribution in [0.2, 0.25) is 5.02 Å². The number of benzene rings is 2. The highest BCUT2D eigenvalue weighted by atomic mass is 35.5. The normalized spacial score (nSPS) is 10.3. The SMILES string of the molecule is CCOc1cc(CNCCCN(C)C)cc(Cl)c1OCc1ccc(F)cc1.Cl.Cl. The Balaban J connectivity index is 0.00000392. The minimum atomic E-state index is -0.269. The minimum Gasteiger partial charge on any atom is -0.490 e. The molecular formula is C21H30Cl3FN2O2. The summed E-state index contributed by atoms with van der Waals surface area (Å²) >= 11 is 6.44. The van der Waals surface area contributed by atoms with E-state index in [0.29, 0.717) is 36.3 Å². The van der Waals surface area contributed by atoms with Gasteiger partial charge in [0.1, 0.15) is 12.4 Å². The lowest BCUT2D eigenvalue weighted by Crippen LogP contribution is -2.21. The van der Waals surface area contributed by atoms with Gasteiger partial charge >= 0.3 is 0 Å². The second kappa shape index (κ2) is 14.7. The Bertz CT molecular complexity index is 716. The Morgan fingerprint density at radius 1 is 1.03 bits per heavy atom. The summed E-state index contributed by atoms with van der Waals surface area (Å²) in [6.07, 6.45) is 1.08. The number of hydrogen-bond donors (Lipinski definition) is 1. The third kappa shape index (κ3) is 9.87. The van der Waals surface area contributed by atoms with Gasteiger partial charge in [0.25, 0.3) is 0 Å². The molecule has 0 bridgehead atoms. The molecule has 2 aromatic carbocycles. The van der Waals surface area contributed by atoms with Gasteiger partial charge in [-0.3, -0.25) is 0 Å². The average molecular weight is 468 g/mol. The molecule has 29 heavy (non-hydrogen) atoms. The van der Waals surface area contributed by atoms with E-state index in [9.17, 15) is 4.39 Å². The predicted octanol–water partition coefficient (Wildman–Crippen LogP) is 5.34. The van der Waals surface area contributed by atoms with E-state index in [1.165, 1.54) is 12.1 Å². The number of halogens is 4. The summed E-state index contributed by atoms with van der Waals surface area (Å²) < 4.78 is 24.6. The smallest absolute Gasteiger partial charge is 0.180 e. The summed E-state index contributed by atoms with van der Waals surface area (Å²) in [5.41, 5.74) is 1.91. The van der Waals surface area contributed by atoms with Gasteiger partial charge in [0, 0.05) is 6.54 Å². The fourth-order valence-electron chi connectivity index (χ4n) is 2.62. The van der Waals surface area contributed by atoms with Crippen LogP contribution in [0.25, 0.3) is 0 Å². The van der Waals surface area contributed by atoms with Crippen LogP contribution in [0.1, 0.15) is 24.5 Å². The molecule has 1 N–H and O–H groups in total. The van der Waals surface area contributed by atoms with E-state index in [2.05, 4.69) is 24.3 Å². The van der Waals surface area contributed by atoms with E-state index in [1.54, 1.807) is 12.1 Å². The summed E-state index contributed by atoms with van der Waals surface area (Å²) in [7, 11) is 4.14. The van der Waals surface area contributed by atoms with Crippen LogP contribution in [0.4, 0.5) is 4.39 Å². The molecule has 0 radical (unpaired) electrons. The number of nitrogens with zero attached hydrogens (tertiary/aromatic N) is 1. The molecule has 8 heteroatoms. The maximum Gasteiger partial charge on any atom is 0.180 e. The van der Waals surface area contributed by atoms with E-state index < -0.39 is 0 Å². The fraction of sp³-hybridized carbons (Fsp3) is 0.429. The average Bonchev–Trinajstić information content (AvgIpc) is 2.62. The molecule has 0 saturated heterocycles. The Kier molecular flexibility index (Phi) is 14.1. The molecule has 2 aromatic rings. The third-order valence-corrected chi connectivity index (χ3v) is 4.23. The van der Waals surface area contributed by atoms with Crippen LogP contribution in [-0.4, -0.2) is 38.7 Å². The van der Waals surface area contributed by atoms with Crippen molar-refractivity contribution in [2.24, 2.45) is 0 Å². The van der Waals surface area contributed by atoms with E-state index in [4.69, 9.17) is 21.1 Å².